The second kappa shape index (κ2) is 7.59. The van der Waals surface area contributed by atoms with Crippen LogP contribution in [0.1, 0.15) is 32.8 Å². The van der Waals surface area contributed by atoms with E-state index in [0.717, 1.165) is 11.3 Å². The van der Waals surface area contributed by atoms with Gasteiger partial charge in [0.05, 0.1) is 11.3 Å². The van der Waals surface area contributed by atoms with Gasteiger partial charge in [-0.15, -0.1) is 21.5 Å². The van der Waals surface area contributed by atoms with Gasteiger partial charge >= 0.3 is 5.97 Å². The number of benzene rings is 1. The van der Waals surface area contributed by atoms with Gasteiger partial charge in [-0.25, -0.2) is 14.2 Å². The van der Waals surface area contributed by atoms with Crippen LogP contribution in [0.5, 0.6) is 0 Å². The Labute approximate surface area is 169 Å². The lowest BCUT2D eigenvalue weighted by Gasteiger charge is -1.99. The van der Waals surface area contributed by atoms with Crippen LogP contribution in [0.3, 0.4) is 0 Å². The molecule has 0 amide bonds. The first-order valence-electron chi connectivity index (χ1n) is 8.71. The fourth-order valence-corrected chi connectivity index (χ4v) is 3.72. The van der Waals surface area contributed by atoms with E-state index in [4.69, 9.17) is 13.6 Å². The number of carbonyl (C=O) groups excluding carboxylic acids is 1. The molecular formula is C20H16FN3O4S. The predicted molar refractivity (Wildman–Crippen MR) is 103 cm³/mol. The summed E-state index contributed by atoms with van der Waals surface area (Å²) >= 11 is 1.18. The van der Waals surface area contributed by atoms with E-state index in [1.807, 2.05) is 6.92 Å². The minimum absolute atomic E-state index is 0.162. The van der Waals surface area contributed by atoms with Gasteiger partial charge in [-0.1, -0.05) is 0 Å². The van der Waals surface area contributed by atoms with Crippen LogP contribution in [0.25, 0.3) is 22.0 Å². The van der Waals surface area contributed by atoms with Gasteiger partial charge in [0.1, 0.15) is 27.2 Å². The van der Waals surface area contributed by atoms with Gasteiger partial charge in [0.2, 0.25) is 0 Å². The molecule has 0 spiro atoms. The van der Waals surface area contributed by atoms with Crippen LogP contribution in [-0.4, -0.2) is 21.2 Å². The summed E-state index contributed by atoms with van der Waals surface area (Å²) in [4.78, 5) is 17.2. The van der Waals surface area contributed by atoms with Crippen molar-refractivity contribution in [2.24, 2.45) is 0 Å². The van der Waals surface area contributed by atoms with Gasteiger partial charge < -0.3 is 13.6 Å². The number of nitrogens with zero attached hydrogens (tertiary/aromatic N) is 3. The number of thiazole rings is 1. The molecule has 3 aromatic heterocycles. The number of rotatable bonds is 5. The summed E-state index contributed by atoms with van der Waals surface area (Å²) < 4.78 is 29.4. The highest BCUT2D eigenvalue weighted by molar-refractivity contribution is 7.17. The van der Waals surface area contributed by atoms with E-state index in [1.165, 1.54) is 23.5 Å². The maximum Gasteiger partial charge on any atom is 0.350 e. The molecule has 3 heterocycles. The third kappa shape index (κ3) is 3.95. The Morgan fingerprint density at radius 2 is 1.90 bits per heavy atom. The second-order valence-electron chi connectivity index (χ2n) is 6.34. The highest BCUT2D eigenvalue weighted by Gasteiger charge is 2.20. The summed E-state index contributed by atoms with van der Waals surface area (Å²) in [5.41, 5.74) is 1.97. The lowest BCUT2D eigenvalue weighted by molar-refractivity contribution is 0.0443. The Morgan fingerprint density at radius 3 is 2.59 bits per heavy atom. The van der Waals surface area contributed by atoms with Crippen LogP contribution in [0.4, 0.5) is 4.39 Å². The fourth-order valence-electron chi connectivity index (χ4n) is 2.76. The van der Waals surface area contributed by atoms with E-state index >= 15 is 0 Å². The number of furan rings is 1. The van der Waals surface area contributed by atoms with E-state index in [9.17, 15) is 9.18 Å². The molecule has 7 nitrogen and oxygen atoms in total. The molecule has 0 fully saturated rings. The maximum absolute atomic E-state index is 13.1. The third-order valence-electron chi connectivity index (χ3n) is 4.14. The summed E-state index contributed by atoms with van der Waals surface area (Å²) in [6, 6.07) is 7.72. The molecule has 0 aliphatic rings. The van der Waals surface area contributed by atoms with Crippen LogP contribution in [0.2, 0.25) is 0 Å². The molecule has 0 saturated carbocycles. The highest BCUT2D eigenvalue weighted by atomic mass is 32.1. The van der Waals surface area contributed by atoms with E-state index in [1.54, 1.807) is 32.0 Å². The number of hydrogen-bond acceptors (Lipinski definition) is 8. The smallest absolute Gasteiger partial charge is 0.350 e. The molecular weight excluding hydrogens is 397 g/mol. The van der Waals surface area contributed by atoms with Crippen molar-refractivity contribution in [3.63, 3.8) is 0 Å². The zero-order chi connectivity index (χ0) is 20.5. The number of aryl methyl sites for hydroxylation is 3. The van der Waals surface area contributed by atoms with Crippen molar-refractivity contribution in [1.29, 1.82) is 0 Å². The van der Waals surface area contributed by atoms with E-state index < -0.39 is 5.97 Å². The molecule has 0 atom stereocenters. The van der Waals surface area contributed by atoms with Crippen LogP contribution >= 0.6 is 11.3 Å². The zero-order valence-electron chi connectivity index (χ0n) is 15.9. The van der Waals surface area contributed by atoms with Crippen LogP contribution < -0.4 is 0 Å². The number of halogens is 1. The summed E-state index contributed by atoms with van der Waals surface area (Å²) in [6.07, 6.45) is 0. The minimum atomic E-state index is -0.538. The first-order valence-corrected chi connectivity index (χ1v) is 9.52. The molecule has 0 aliphatic carbocycles. The van der Waals surface area contributed by atoms with E-state index in [2.05, 4.69) is 15.2 Å². The highest BCUT2D eigenvalue weighted by Crippen LogP contribution is 2.29. The quantitative estimate of drug-likeness (QED) is 0.431. The Bertz CT molecular complexity index is 1180. The number of esters is 1. The summed E-state index contributed by atoms with van der Waals surface area (Å²) in [6.45, 7) is 5.19. The molecule has 4 aromatic rings. The van der Waals surface area contributed by atoms with Crippen LogP contribution in [0.15, 0.2) is 39.2 Å². The van der Waals surface area contributed by atoms with Gasteiger partial charge in [0.15, 0.2) is 6.61 Å². The molecule has 0 aliphatic heterocycles. The van der Waals surface area contributed by atoms with Crippen LogP contribution in [0, 0.1) is 26.6 Å². The van der Waals surface area contributed by atoms with E-state index in [0.29, 0.717) is 32.8 Å². The molecule has 0 radical (unpaired) electrons. The predicted octanol–water partition coefficient (Wildman–Crippen LogP) is 4.87. The van der Waals surface area contributed by atoms with Gasteiger partial charge in [-0.05, 0) is 51.1 Å². The largest absolute Gasteiger partial charge is 0.466 e. The molecule has 0 N–H and O–H groups in total. The topological polar surface area (TPSA) is 91.2 Å². The SMILES string of the molecule is Cc1cc(-c2nnc(COC(=O)c3sc(-c4ccc(F)cc4)nc3C)o2)c(C)o1. The molecule has 148 valence electrons. The van der Waals surface area contributed by atoms with Crippen molar-refractivity contribution in [3.05, 3.63) is 64.1 Å². The molecule has 0 bridgehead atoms. The number of aromatic nitrogens is 3. The number of carbonyl (C=O) groups is 1. The van der Waals surface area contributed by atoms with Crippen molar-refractivity contribution >= 4 is 17.3 Å². The first kappa shape index (κ1) is 19.0. The van der Waals surface area contributed by atoms with Crippen molar-refractivity contribution < 1.29 is 22.8 Å². The maximum atomic E-state index is 13.1. The minimum Gasteiger partial charge on any atom is -0.466 e. The third-order valence-corrected chi connectivity index (χ3v) is 5.32. The Hall–Kier alpha value is -3.33. The van der Waals surface area contributed by atoms with Crippen LogP contribution in [-0.2, 0) is 11.3 Å². The average Bonchev–Trinajstić information content (AvgIpc) is 3.39. The van der Waals surface area contributed by atoms with Crippen molar-refractivity contribution in [2.75, 3.05) is 0 Å². The molecule has 0 unspecified atom stereocenters. The van der Waals surface area contributed by atoms with Crippen molar-refractivity contribution in [2.45, 2.75) is 27.4 Å². The number of ether oxygens (including phenoxy) is 1. The van der Waals surface area contributed by atoms with Gasteiger partial charge in [0, 0.05) is 5.56 Å². The van der Waals surface area contributed by atoms with E-state index in [-0.39, 0.29) is 18.3 Å². The van der Waals surface area contributed by atoms with Crippen molar-refractivity contribution in [3.8, 4) is 22.0 Å². The van der Waals surface area contributed by atoms with Gasteiger partial charge in [-0.3, -0.25) is 0 Å². The molecule has 1 aromatic carbocycles. The monoisotopic (exact) mass is 413 g/mol. The fraction of sp³-hybridized carbons (Fsp3) is 0.200. The first-order chi connectivity index (χ1) is 13.9. The molecule has 29 heavy (non-hydrogen) atoms. The lowest BCUT2D eigenvalue weighted by Crippen LogP contribution is -2.05. The summed E-state index contributed by atoms with van der Waals surface area (Å²) in [5, 5.41) is 8.49. The van der Waals surface area contributed by atoms with Crippen molar-refractivity contribution in [1.82, 2.24) is 15.2 Å². The zero-order valence-corrected chi connectivity index (χ0v) is 16.7. The standard InChI is InChI=1S/C20H16FN3O4S/c1-10-8-15(12(3)27-10)18-24-23-16(28-18)9-26-20(25)17-11(2)22-19(29-17)13-4-6-14(21)7-5-13/h4-8H,9H2,1-3H3. The molecule has 0 saturated heterocycles. The lowest BCUT2D eigenvalue weighted by atomic mass is 10.2. The Kier molecular flexibility index (Phi) is 4.98. The average molecular weight is 413 g/mol. The van der Waals surface area contributed by atoms with Gasteiger partial charge in [-0.2, -0.15) is 0 Å². The summed E-state index contributed by atoms with van der Waals surface area (Å²) in [7, 11) is 0. The summed E-state index contributed by atoms with van der Waals surface area (Å²) in [5.74, 6) is 1.01. The Balaban J connectivity index is 1.45. The van der Waals surface area contributed by atoms with Gasteiger partial charge in [0.25, 0.3) is 11.8 Å². The molecule has 4 rings (SSSR count). The normalized spacial score (nSPS) is 11.0. The molecule has 9 heteroatoms. The number of hydrogen-bond donors (Lipinski definition) is 0. The Morgan fingerprint density at radius 1 is 1.14 bits per heavy atom. The second-order valence-corrected chi connectivity index (χ2v) is 7.34.